The van der Waals surface area contributed by atoms with E-state index >= 15 is 0 Å². The molecule has 0 radical (unpaired) electrons. The maximum Gasteiger partial charge on any atom is 0.270 e. The van der Waals surface area contributed by atoms with Crippen LogP contribution in [0.25, 0.3) is 12.2 Å². The first-order chi connectivity index (χ1) is 12.6. The van der Waals surface area contributed by atoms with Gasteiger partial charge in [0.2, 0.25) is 5.91 Å². The van der Waals surface area contributed by atoms with Gasteiger partial charge in [0.25, 0.3) is 5.91 Å². The Morgan fingerprint density at radius 3 is 2.96 bits per heavy atom. The highest BCUT2D eigenvalue weighted by atomic mass is 16.2. The summed E-state index contributed by atoms with van der Waals surface area (Å²) in [5.41, 5.74) is 3.39. The van der Waals surface area contributed by atoms with E-state index in [0.717, 1.165) is 23.6 Å². The molecule has 4 rings (SSSR count). The Morgan fingerprint density at radius 2 is 2.08 bits per heavy atom. The molecule has 130 valence electrons. The summed E-state index contributed by atoms with van der Waals surface area (Å²) in [5, 5.41) is 4.63. The molecule has 4 nitrogen and oxygen atoms in total. The standard InChI is InChI=1S/C22H20N2O2/c1-14-6-9-16-4-2-3-5-18(16)22(14)24-20(25)11-8-15-7-10-17-13-21(26)23-19(17)12-15/h2-5,7-8,10-14,22H,6,9H2,1H3,(H,24,25)/b11-8+. The summed E-state index contributed by atoms with van der Waals surface area (Å²) in [6, 6.07) is 13.9. The Hall–Kier alpha value is -3.01. The minimum Gasteiger partial charge on any atom is -0.345 e. The van der Waals surface area contributed by atoms with Crippen LogP contribution in [0.15, 0.2) is 53.5 Å². The summed E-state index contributed by atoms with van der Waals surface area (Å²) in [4.78, 5) is 27.7. The topological polar surface area (TPSA) is 58.5 Å². The first kappa shape index (κ1) is 16.5. The summed E-state index contributed by atoms with van der Waals surface area (Å²) in [5.74, 6) is 0.0602. The van der Waals surface area contributed by atoms with Gasteiger partial charge in [-0.2, -0.15) is 0 Å². The zero-order valence-corrected chi connectivity index (χ0v) is 14.6. The highest BCUT2D eigenvalue weighted by Crippen LogP contribution is 2.33. The summed E-state index contributed by atoms with van der Waals surface area (Å²) < 4.78 is 0. The predicted molar refractivity (Wildman–Crippen MR) is 101 cm³/mol. The van der Waals surface area contributed by atoms with Crippen molar-refractivity contribution in [2.24, 2.45) is 10.9 Å². The molecule has 0 spiro atoms. The fourth-order valence-electron chi connectivity index (χ4n) is 3.68. The van der Waals surface area contributed by atoms with Gasteiger partial charge in [-0.1, -0.05) is 43.3 Å². The summed E-state index contributed by atoms with van der Waals surface area (Å²) >= 11 is 0. The average molecular weight is 344 g/mol. The summed E-state index contributed by atoms with van der Waals surface area (Å²) in [6.07, 6.45) is 6.95. The Kier molecular flexibility index (Phi) is 4.25. The summed E-state index contributed by atoms with van der Waals surface area (Å²) in [7, 11) is 0. The number of hydrogen-bond acceptors (Lipinski definition) is 2. The predicted octanol–water partition coefficient (Wildman–Crippen LogP) is 2.08. The molecular weight excluding hydrogens is 324 g/mol. The molecule has 2 aliphatic rings. The lowest BCUT2D eigenvalue weighted by atomic mass is 9.80. The van der Waals surface area contributed by atoms with Gasteiger partial charge in [0, 0.05) is 17.4 Å². The van der Waals surface area contributed by atoms with Gasteiger partial charge in [0.15, 0.2) is 0 Å². The second kappa shape index (κ2) is 6.71. The highest BCUT2D eigenvalue weighted by Gasteiger charge is 2.26. The van der Waals surface area contributed by atoms with Crippen molar-refractivity contribution < 1.29 is 9.59 Å². The van der Waals surface area contributed by atoms with E-state index in [2.05, 4.69) is 35.4 Å². The van der Waals surface area contributed by atoms with Gasteiger partial charge in [0.05, 0.1) is 11.4 Å². The Morgan fingerprint density at radius 1 is 1.23 bits per heavy atom. The molecule has 0 saturated heterocycles. The van der Waals surface area contributed by atoms with Crippen molar-refractivity contribution in [3.05, 3.63) is 75.8 Å². The first-order valence-corrected chi connectivity index (χ1v) is 8.91. The van der Waals surface area contributed by atoms with Crippen LogP contribution in [0.2, 0.25) is 0 Å². The van der Waals surface area contributed by atoms with Crippen LogP contribution in [-0.4, -0.2) is 11.8 Å². The van der Waals surface area contributed by atoms with Crippen molar-refractivity contribution in [1.82, 2.24) is 5.32 Å². The van der Waals surface area contributed by atoms with E-state index < -0.39 is 0 Å². The van der Waals surface area contributed by atoms with Crippen molar-refractivity contribution in [3.8, 4) is 0 Å². The Balaban J connectivity index is 1.51. The Labute approximate surface area is 152 Å². The van der Waals surface area contributed by atoms with Crippen molar-refractivity contribution in [2.75, 3.05) is 0 Å². The number of nitrogens with zero attached hydrogens (tertiary/aromatic N) is 1. The maximum atomic E-state index is 12.4. The van der Waals surface area contributed by atoms with Gasteiger partial charge in [0.1, 0.15) is 0 Å². The number of fused-ring (bicyclic) bond motifs is 2. The van der Waals surface area contributed by atoms with Gasteiger partial charge in [-0.15, -0.1) is 0 Å². The number of amides is 2. The molecule has 0 bridgehead atoms. The van der Waals surface area contributed by atoms with E-state index in [9.17, 15) is 9.59 Å². The van der Waals surface area contributed by atoms with E-state index in [-0.39, 0.29) is 17.9 Å². The molecule has 26 heavy (non-hydrogen) atoms. The van der Waals surface area contributed by atoms with Crippen LogP contribution in [0.1, 0.15) is 36.1 Å². The van der Waals surface area contributed by atoms with E-state index in [1.54, 1.807) is 12.2 Å². The van der Waals surface area contributed by atoms with E-state index in [1.165, 1.54) is 17.2 Å². The second-order valence-corrected chi connectivity index (χ2v) is 6.95. The zero-order valence-electron chi connectivity index (χ0n) is 14.6. The van der Waals surface area contributed by atoms with Gasteiger partial charge >= 0.3 is 0 Å². The van der Waals surface area contributed by atoms with Crippen LogP contribution in [-0.2, 0) is 16.0 Å². The molecule has 2 atom stereocenters. The number of aryl methyl sites for hydroxylation is 1. The fourth-order valence-corrected chi connectivity index (χ4v) is 3.68. The SMILES string of the molecule is CC1CCc2ccccc2C1NC(=O)/C=C/c1ccc2c(c1)=NC(=O)C=2. The molecule has 2 unspecified atom stereocenters. The minimum absolute atomic E-state index is 0.0411. The Bertz CT molecular complexity index is 1040. The monoisotopic (exact) mass is 344 g/mol. The van der Waals surface area contributed by atoms with Crippen LogP contribution in [0.5, 0.6) is 0 Å². The van der Waals surface area contributed by atoms with Crippen molar-refractivity contribution >= 4 is 24.0 Å². The lowest BCUT2D eigenvalue weighted by Crippen LogP contribution is -2.34. The molecular formula is C22H20N2O2. The molecule has 0 aromatic heterocycles. The van der Waals surface area contributed by atoms with Gasteiger partial charge < -0.3 is 5.32 Å². The van der Waals surface area contributed by atoms with Crippen LogP contribution >= 0.6 is 0 Å². The highest BCUT2D eigenvalue weighted by molar-refractivity contribution is 6.06. The largest absolute Gasteiger partial charge is 0.345 e. The molecule has 1 N–H and O–H groups in total. The number of hydrogen-bond donors (Lipinski definition) is 1. The lowest BCUT2D eigenvalue weighted by molar-refractivity contribution is -0.117. The molecule has 2 aromatic carbocycles. The van der Waals surface area contributed by atoms with Crippen LogP contribution in [0.4, 0.5) is 0 Å². The van der Waals surface area contributed by atoms with Gasteiger partial charge in [-0.3, -0.25) is 9.59 Å². The normalized spacial score (nSPS) is 20.9. The summed E-state index contributed by atoms with van der Waals surface area (Å²) in [6.45, 7) is 2.18. The first-order valence-electron chi connectivity index (χ1n) is 8.91. The third-order valence-corrected chi connectivity index (χ3v) is 5.12. The van der Waals surface area contributed by atoms with Crippen LogP contribution in [0, 0.1) is 5.92 Å². The molecule has 2 amide bonds. The quantitative estimate of drug-likeness (QED) is 0.867. The molecule has 2 aromatic rings. The minimum atomic E-state index is -0.233. The lowest BCUT2D eigenvalue weighted by Gasteiger charge is -2.31. The van der Waals surface area contributed by atoms with Crippen LogP contribution < -0.4 is 15.9 Å². The number of rotatable bonds is 3. The van der Waals surface area contributed by atoms with E-state index in [4.69, 9.17) is 0 Å². The van der Waals surface area contributed by atoms with Crippen molar-refractivity contribution in [1.29, 1.82) is 0 Å². The average Bonchev–Trinajstić information content (AvgIpc) is 3.01. The fraction of sp³-hybridized carbons (Fsp3) is 0.227. The number of benzene rings is 2. The third-order valence-electron chi connectivity index (χ3n) is 5.12. The zero-order chi connectivity index (χ0) is 18.1. The molecule has 0 saturated carbocycles. The van der Waals surface area contributed by atoms with E-state index in [1.807, 2.05) is 24.3 Å². The molecule has 4 heteroatoms. The molecule has 1 aliphatic carbocycles. The number of carbonyl (C=O) groups excluding carboxylic acids is 2. The van der Waals surface area contributed by atoms with E-state index in [0.29, 0.717) is 11.3 Å². The van der Waals surface area contributed by atoms with Crippen molar-refractivity contribution in [3.63, 3.8) is 0 Å². The van der Waals surface area contributed by atoms with Gasteiger partial charge in [-0.25, -0.2) is 4.99 Å². The smallest absolute Gasteiger partial charge is 0.270 e. The van der Waals surface area contributed by atoms with Crippen LogP contribution in [0.3, 0.4) is 0 Å². The maximum absolute atomic E-state index is 12.4. The third kappa shape index (κ3) is 3.23. The molecule has 1 aliphatic heterocycles. The number of nitrogens with one attached hydrogen (secondary N) is 1. The molecule has 0 fully saturated rings. The second-order valence-electron chi connectivity index (χ2n) is 6.95. The van der Waals surface area contributed by atoms with Crippen molar-refractivity contribution in [2.45, 2.75) is 25.8 Å². The van der Waals surface area contributed by atoms with Gasteiger partial charge in [-0.05, 0) is 47.6 Å². The molecule has 1 heterocycles. The number of carbonyl (C=O) groups is 2.